The molecule has 0 aliphatic rings. The van der Waals surface area contributed by atoms with E-state index in [1.165, 1.54) is 0 Å². The monoisotopic (exact) mass is 324 g/mol. The number of anilines is 1. The summed E-state index contributed by atoms with van der Waals surface area (Å²) in [5, 5.41) is 1.11. The molecule has 0 amide bonds. The van der Waals surface area contributed by atoms with Gasteiger partial charge in [-0.3, -0.25) is 0 Å². The second-order valence-corrected chi connectivity index (χ2v) is 4.52. The summed E-state index contributed by atoms with van der Waals surface area (Å²) in [7, 11) is 0. The van der Waals surface area contributed by atoms with E-state index in [0.29, 0.717) is 0 Å². The van der Waals surface area contributed by atoms with Crippen molar-refractivity contribution in [2.75, 3.05) is 5.73 Å². The first-order valence-corrected chi connectivity index (χ1v) is 5.89. The molecule has 1 aromatic carbocycles. The molecule has 0 spiro atoms. The van der Waals surface area contributed by atoms with Gasteiger partial charge in [0.05, 0.1) is 11.2 Å². The zero-order valence-electron chi connectivity index (χ0n) is 9.22. The Labute approximate surface area is 118 Å². The summed E-state index contributed by atoms with van der Waals surface area (Å²) < 4.78 is 1.03. The van der Waals surface area contributed by atoms with Crippen LogP contribution in [0.4, 0.5) is 5.95 Å². The van der Waals surface area contributed by atoms with E-state index in [1.54, 1.807) is 6.20 Å². The van der Waals surface area contributed by atoms with Crippen LogP contribution < -0.4 is 5.73 Å². The Morgan fingerprint density at radius 1 is 1.22 bits per heavy atom. The standard InChI is InChI=1S/C12H9BrN4.ClH/c13-9-3-1-2-7-8(6-16-11(7)9)10-4-5-15-12(14)17-10;/h1-6,16H,(H2,14,15,17);1H. The molecule has 0 unspecified atom stereocenters. The Morgan fingerprint density at radius 3 is 2.83 bits per heavy atom. The number of aromatic amines is 1. The van der Waals surface area contributed by atoms with Crippen molar-refractivity contribution in [1.82, 2.24) is 15.0 Å². The number of aromatic nitrogens is 3. The molecule has 0 aliphatic heterocycles. The summed E-state index contributed by atoms with van der Waals surface area (Å²) in [5.41, 5.74) is 8.50. The molecule has 0 aliphatic carbocycles. The Balaban J connectivity index is 0.00000120. The lowest BCUT2D eigenvalue weighted by Gasteiger charge is -1.99. The van der Waals surface area contributed by atoms with Crippen molar-refractivity contribution in [1.29, 1.82) is 0 Å². The number of para-hydroxylation sites is 1. The molecule has 92 valence electrons. The summed E-state index contributed by atoms with van der Waals surface area (Å²) in [5.74, 6) is 0.284. The maximum absolute atomic E-state index is 5.60. The fraction of sp³-hybridized carbons (Fsp3) is 0. The van der Waals surface area contributed by atoms with E-state index in [4.69, 9.17) is 5.73 Å². The maximum atomic E-state index is 5.60. The molecule has 2 heterocycles. The van der Waals surface area contributed by atoms with Crippen molar-refractivity contribution in [3.8, 4) is 11.3 Å². The predicted molar refractivity (Wildman–Crippen MR) is 78.7 cm³/mol. The minimum atomic E-state index is 0. The highest BCUT2D eigenvalue weighted by Gasteiger charge is 2.09. The lowest BCUT2D eigenvalue weighted by Crippen LogP contribution is -1.94. The molecule has 0 fully saturated rings. The minimum Gasteiger partial charge on any atom is -0.368 e. The Morgan fingerprint density at radius 2 is 2.06 bits per heavy atom. The number of hydrogen-bond donors (Lipinski definition) is 2. The quantitative estimate of drug-likeness (QED) is 0.720. The molecule has 3 rings (SSSR count). The maximum Gasteiger partial charge on any atom is 0.220 e. The third-order valence-corrected chi connectivity index (χ3v) is 3.28. The van der Waals surface area contributed by atoms with Crippen LogP contribution in [0.1, 0.15) is 0 Å². The zero-order chi connectivity index (χ0) is 11.8. The van der Waals surface area contributed by atoms with Gasteiger partial charge in [0.15, 0.2) is 0 Å². The number of hydrogen-bond acceptors (Lipinski definition) is 3. The highest BCUT2D eigenvalue weighted by atomic mass is 79.9. The predicted octanol–water partition coefficient (Wildman–Crippen LogP) is 3.39. The van der Waals surface area contributed by atoms with Crippen molar-refractivity contribution in [2.45, 2.75) is 0 Å². The average Bonchev–Trinajstić information content (AvgIpc) is 2.74. The molecular weight excluding hydrogens is 316 g/mol. The SMILES string of the molecule is Cl.Nc1nccc(-c2c[nH]c3c(Br)cccc23)n1. The largest absolute Gasteiger partial charge is 0.368 e. The lowest BCUT2D eigenvalue weighted by molar-refractivity contribution is 1.19. The van der Waals surface area contributed by atoms with Gasteiger partial charge in [-0.1, -0.05) is 12.1 Å². The third kappa shape index (κ3) is 2.07. The minimum absolute atomic E-state index is 0. The summed E-state index contributed by atoms with van der Waals surface area (Å²) in [6.45, 7) is 0. The Bertz CT molecular complexity index is 695. The van der Waals surface area contributed by atoms with Crippen molar-refractivity contribution in [3.05, 3.63) is 41.1 Å². The number of nitrogens with two attached hydrogens (primary N) is 1. The Kier molecular flexibility index (Phi) is 3.54. The lowest BCUT2D eigenvalue weighted by atomic mass is 10.1. The number of H-pyrrole nitrogens is 1. The average molecular weight is 326 g/mol. The van der Waals surface area contributed by atoms with E-state index >= 15 is 0 Å². The van der Waals surface area contributed by atoms with Gasteiger partial charge in [-0.25, -0.2) is 9.97 Å². The van der Waals surface area contributed by atoms with Gasteiger partial charge in [0, 0.05) is 27.8 Å². The second kappa shape index (κ2) is 4.96. The molecule has 0 bridgehead atoms. The summed E-state index contributed by atoms with van der Waals surface area (Å²) in [6.07, 6.45) is 3.59. The normalized spacial score (nSPS) is 10.3. The molecule has 0 saturated carbocycles. The van der Waals surface area contributed by atoms with Crippen LogP contribution in [-0.4, -0.2) is 15.0 Å². The van der Waals surface area contributed by atoms with Crippen LogP contribution in [0.25, 0.3) is 22.2 Å². The first-order chi connectivity index (χ1) is 8.25. The van der Waals surface area contributed by atoms with E-state index in [1.807, 2.05) is 30.5 Å². The van der Waals surface area contributed by atoms with Crippen LogP contribution in [0, 0.1) is 0 Å². The van der Waals surface area contributed by atoms with E-state index in [2.05, 4.69) is 30.9 Å². The van der Waals surface area contributed by atoms with Gasteiger partial charge in [0.25, 0.3) is 0 Å². The summed E-state index contributed by atoms with van der Waals surface area (Å²) in [4.78, 5) is 11.3. The Hall–Kier alpha value is -1.59. The van der Waals surface area contributed by atoms with Gasteiger partial charge < -0.3 is 10.7 Å². The number of halogens is 2. The fourth-order valence-electron chi connectivity index (χ4n) is 1.85. The van der Waals surface area contributed by atoms with Crippen LogP contribution in [0.5, 0.6) is 0 Å². The van der Waals surface area contributed by atoms with Crippen molar-refractivity contribution >= 4 is 45.2 Å². The first kappa shape index (κ1) is 12.9. The van der Waals surface area contributed by atoms with Crippen molar-refractivity contribution in [2.24, 2.45) is 0 Å². The number of nitrogen functional groups attached to an aromatic ring is 1. The summed E-state index contributed by atoms with van der Waals surface area (Å²) in [6, 6.07) is 7.88. The molecule has 6 heteroatoms. The summed E-state index contributed by atoms with van der Waals surface area (Å²) >= 11 is 3.51. The van der Waals surface area contributed by atoms with Gasteiger partial charge >= 0.3 is 0 Å². The first-order valence-electron chi connectivity index (χ1n) is 5.10. The fourth-order valence-corrected chi connectivity index (χ4v) is 2.33. The molecule has 18 heavy (non-hydrogen) atoms. The van der Waals surface area contributed by atoms with Gasteiger partial charge in [-0.15, -0.1) is 12.4 Å². The molecule has 0 saturated heterocycles. The molecule has 2 aromatic heterocycles. The van der Waals surface area contributed by atoms with Gasteiger partial charge in [0.2, 0.25) is 5.95 Å². The van der Waals surface area contributed by atoms with Gasteiger partial charge in [0.1, 0.15) is 0 Å². The number of fused-ring (bicyclic) bond motifs is 1. The van der Waals surface area contributed by atoms with Crippen LogP contribution in [0.3, 0.4) is 0 Å². The molecule has 3 aromatic rings. The van der Waals surface area contributed by atoms with Crippen LogP contribution >= 0.6 is 28.3 Å². The van der Waals surface area contributed by atoms with Crippen LogP contribution in [0.15, 0.2) is 41.1 Å². The molecule has 0 atom stereocenters. The molecular formula is C12H10BrClN4. The van der Waals surface area contributed by atoms with Gasteiger partial charge in [-0.05, 0) is 28.1 Å². The number of nitrogens with zero attached hydrogens (tertiary/aromatic N) is 2. The highest BCUT2D eigenvalue weighted by molar-refractivity contribution is 9.10. The molecule has 4 nitrogen and oxygen atoms in total. The van der Waals surface area contributed by atoms with Gasteiger partial charge in [-0.2, -0.15) is 0 Å². The second-order valence-electron chi connectivity index (χ2n) is 3.66. The van der Waals surface area contributed by atoms with Crippen LogP contribution in [0.2, 0.25) is 0 Å². The highest BCUT2D eigenvalue weighted by Crippen LogP contribution is 2.31. The zero-order valence-corrected chi connectivity index (χ0v) is 11.6. The van der Waals surface area contributed by atoms with Crippen molar-refractivity contribution < 1.29 is 0 Å². The molecule has 0 radical (unpaired) electrons. The van der Waals surface area contributed by atoms with E-state index in [9.17, 15) is 0 Å². The van der Waals surface area contributed by atoms with E-state index < -0.39 is 0 Å². The number of nitrogens with one attached hydrogen (secondary N) is 1. The van der Waals surface area contributed by atoms with Crippen LogP contribution in [-0.2, 0) is 0 Å². The smallest absolute Gasteiger partial charge is 0.220 e. The number of benzene rings is 1. The third-order valence-electron chi connectivity index (χ3n) is 2.61. The van der Waals surface area contributed by atoms with Crippen molar-refractivity contribution in [3.63, 3.8) is 0 Å². The topological polar surface area (TPSA) is 67.6 Å². The number of rotatable bonds is 1. The van der Waals surface area contributed by atoms with E-state index in [-0.39, 0.29) is 18.4 Å². The van der Waals surface area contributed by atoms with E-state index in [0.717, 1.165) is 26.6 Å². The molecule has 3 N–H and O–H groups in total.